The van der Waals surface area contributed by atoms with Crippen LogP contribution in [0.25, 0.3) is 10.6 Å². The number of rotatable bonds is 6. The van der Waals surface area contributed by atoms with Crippen LogP contribution in [0, 0.1) is 12.8 Å². The van der Waals surface area contributed by atoms with Gasteiger partial charge in [-0.05, 0) is 43.9 Å². The van der Waals surface area contributed by atoms with E-state index in [0.717, 1.165) is 45.4 Å². The minimum absolute atomic E-state index is 0.0500. The lowest BCUT2D eigenvalue weighted by atomic mass is 10.2. The fourth-order valence-corrected chi connectivity index (χ4v) is 4.15. The molecule has 1 N–H and O–H groups in total. The summed E-state index contributed by atoms with van der Waals surface area (Å²) in [5, 5.41) is 9.18. The van der Waals surface area contributed by atoms with Crippen LogP contribution in [-0.4, -0.2) is 34.0 Å². The first-order valence-electron chi connectivity index (χ1n) is 9.38. The summed E-state index contributed by atoms with van der Waals surface area (Å²) in [6.45, 7) is 4.25. The molecule has 1 aliphatic heterocycles. The van der Waals surface area contributed by atoms with Gasteiger partial charge in [0.2, 0.25) is 0 Å². The molecule has 1 saturated carbocycles. The monoisotopic (exact) mass is 382 g/mol. The van der Waals surface area contributed by atoms with Crippen molar-refractivity contribution in [2.24, 2.45) is 5.92 Å². The summed E-state index contributed by atoms with van der Waals surface area (Å²) in [7, 11) is 0. The zero-order valence-electron chi connectivity index (χ0n) is 15.2. The molecule has 0 spiro atoms. The molecule has 3 heterocycles. The van der Waals surface area contributed by atoms with Gasteiger partial charge >= 0.3 is 0 Å². The van der Waals surface area contributed by atoms with Crippen molar-refractivity contribution in [1.29, 1.82) is 0 Å². The highest BCUT2D eigenvalue weighted by molar-refractivity contribution is 7.19. The molecule has 27 heavy (non-hydrogen) atoms. The van der Waals surface area contributed by atoms with E-state index in [9.17, 15) is 0 Å². The van der Waals surface area contributed by atoms with Gasteiger partial charge in [0, 0.05) is 12.7 Å². The average Bonchev–Trinajstić information content (AvgIpc) is 3.28. The number of nitrogens with zero attached hydrogens (tertiary/aromatic N) is 3. The van der Waals surface area contributed by atoms with Gasteiger partial charge in [-0.1, -0.05) is 23.5 Å². The molecule has 140 valence electrons. The normalized spacial score (nSPS) is 18.5. The number of thiazole rings is 1. The smallest absolute Gasteiger partial charge is 0.183 e. The highest BCUT2D eigenvalue weighted by atomic mass is 32.1. The quantitative estimate of drug-likeness (QED) is 0.699. The van der Waals surface area contributed by atoms with E-state index < -0.39 is 0 Å². The summed E-state index contributed by atoms with van der Waals surface area (Å²) in [5.74, 6) is 2.44. The van der Waals surface area contributed by atoms with E-state index in [-0.39, 0.29) is 6.10 Å². The fourth-order valence-electron chi connectivity index (χ4n) is 3.21. The molecule has 2 aromatic heterocycles. The van der Waals surface area contributed by atoms with Gasteiger partial charge in [0.1, 0.15) is 12.3 Å². The lowest BCUT2D eigenvalue weighted by Crippen LogP contribution is -2.33. The predicted molar refractivity (Wildman–Crippen MR) is 106 cm³/mol. The number of aryl methyl sites for hydroxylation is 1. The third-order valence-corrected chi connectivity index (χ3v) is 6.00. The number of aromatic nitrogens is 3. The first kappa shape index (κ1) is 16.6. The molecule has 0 radical (unpaired) electrons. The molecular formula is C20H22N4O2S. The third kappa shape index (κ3) is 3.64. The number of hydrogen-bond donors (Lipinski definition) is 1. The Morgan fingerprint density at radius 2 is 2.07 bits per heavy atom. The lowest BCUT2D eigenvalue weighted by Gasteiger charge is -2.26. The zero-order chi connectivity index (χ0) is 18.2. The number of benzene rings is 1. The van der Waals surface area contributed by atoms with Gasteiger partial charge in [-0.15, -0.1) is 0 Å². The van der Waals surface area contributed by atoms with Crippen LogP contribution < -0.4 is 14.8 Å². The van der Waals surface area contributed by atoms with E-state index in [1.54, 1.807) is 11.3 Å². The van der Waals surface area contributed by atoms with Crippen molar-refractivity contribution in [3.05, 3.63) is 42.2 Å². The Balaban J connectivity index is 1.26. The van der Waals surface area contributed by atoms with Crippen LogP contribution in [0.1, 0.15) is 18.5 Å². The molecular weight excluding hydrogens is 360 g/mol. The van der Waals surface area contributed by atoms with Gasteiger partial charge in [0.15, 0.2) is 22.7 Å². The summed E-state index contributed by atoms with van der Waals surface area (Å²) in [6.07, 6.45) is 4.62. The third-order valence-electron chi connectivity index (χ3n) is 4.87. The van der Waals surface area contributed by atoms with Gasteiger partial charge in [0.05, 0.1) is 17.1 Å². The van der Waals surface area contributed by atoms with Crippen molar-refractivity contribution in [2.75, 3.05) is 18.5 Å². The number of anilines is 1. The van der Waals surface area contributed by atoms with Crippen molar-refractivity contribution >= 4 is 16.5 Å². The van der Waals surface area contributed by atoms with E-state index in [2.05, 4.69) is 10.3 Å². The molecule has 0 saturated heterocycles. The zero-order valence-corrected chi connectivity index (χ0v) is 16.0. The Bertz CT molecular complexity index is 947. The van der Waals surface area contributed by atoms with Gasteiger partial charge in [-0.3, -0.25) is 4.68 Å². The van der Waals surface area contributed by atoms with Gasteiger partial charge in [-0.25, -0.2) is 4.98 Å². The summed E-state index contributed by atoms with van der Waals surface area (Å²) >= 11 is 1.68. The largest absolute Gasteiger partial charge is 0.486 e. The van der Waals surface area contributed by atoms with E-state index in [4.69, 9.17) is 14.6 Å². The topological polar surface area (TPSA) is 61.2 Å². The highest BCUT2D eigenvalue weighted by Gasteiger charge is 2.23. The van der Waals surface area contributed by atoms with Crippen LogP contribution in [0.2, 0.25) is 0 Å². The van der Waals surface area contributed by atoms with E-state index in [1.807, 2.05) is 48.1 Å². The molecule has 3 aromatic rings. The standard InChI is InChI=1S/C20H22N4O2S/c1-13-19(27-20(22-13)21-10-14-6-7-14)16-8-9-24(23-16)11-15-12-25-17-4-2-3-5-18(17)26-15/h2-5,8-9,14-15H,6-7,10-12H2,1H3,(H,21,22). The maximum absolute atomic E-state index is 6.03. The molecule has 1 unspecified atom stereocenters. The fraction of sp³-hybridized carbons (Fsp3) is 0.400. The Hall–Kier alpha value is -2.54. The Kier molecular flexibility index (Phi) is 4.24. The molecule has 1 fully saturated rings. The van der Waals surface area contributed by atoms with Crippen molar-refractivity contribution in [3.8, 4) is 22.1 Å². The van der Waals surface area contributed by atoms with Crippen molar-refractivity contribution in [3.63, 3.8) is 0 Å². The molecule has 2 aliphatic rings. The second-order valence-corrected chi connectivity index (χ2v) is 8.18. The lowest BCUT2D eigenvalue weighted by molar-refractivity contribution is 0.0759. The molecule has 6 nitrogen and oxygen atoms in total. The molecule has 1 atom stereocenters. The van der Waals surface area contributed by atoms with Crippen molar-refractivity contribution < 1.29 is 9.47 Å². The van der Waals surface area contributed by atoms with Crippen LogP contribution >= 0.6 is 11.3 Å². The Morgan fingerprint density at radius 3 is 2.93 bits per heavy atom. The maximum Gasteiger partial charge on any atom is 0.183 e. The number of hydrogen-bond acceptors (Lipinski definition) is 6. The Labute approximate surface area is 162 Å². The summed E-state index contributed by atoms with van der Waals surface area (Å²) in [5.41, 5.74) is 1.98. The minimum Gasteiger partial charge on any atom is -0.486 e. The van der Waals surface area contributed by atoms with Gasteiger partial charge in [0.25, 0.3) is 0 Å². The van der Waals surface area contributed by atoms with E-state index in [0.29, 0.717) is 13.2 Å². The van der Waals surface area contributed by atoms with Gasteiger partial charge < -0.3 is 14.8 Å². The summed E-state index contributed by atoms with van der Waals surface area (Å²) in [6, 6.07) is 9.82. The van der Waals surface area contributed by atoms with Gasteiger partial charge in [-0.2, -0.15) is 5.10 Å². The van der Waals surface area contributed by atoms with Crippen LogP contribution in [0.4, 0.5) is 5.13 Å². The molecule has 5 rings (SSSR count). The number of ether oxygens (including phenoxy) is 2. The van der Waals surface area contributed by atoms with Crippen LogP contribution in [0.3, 0.4) is 0 Å². The Morgan fingerprint density at radius 1 is 1.22 bits per heavy atom. The van der Waals surface area contributed by atoms with E-state index >= 15 is 0 Å². The average molecular weight is 382 g/mol. The number of nitrogens with one attached hydrogen (secondary N) is 1. The molecule has 1 aromatic carbocycles. The molecule has 0 bridgehead atoms. The second-order valence-electron chi connectivity index (χ2n) is 7.18. The molecule has 7 heteroatoms. The van der Waals surface area contributed by atoms with Crippen molar-refractivity contribution in [1.82, 2.24) is 14.8 Å². The predicted octanol–water partition coefficient (Wildman–Crippen LogP) is 3.98. The molecule has 0 amide bonds. The molecule has 1 aliphatic carbocycles. The van der Waals surface area contributed by atoms with Crippen LogP contribution in [0.15, 0.2) is 36.5 Å². The van der Waals surface area contributed by atoms with Crippen LogP contribution in [-0.2, 0) is 6.54 Å². The first-order valence-corrected chi connectivity index (χ1v) is 10.2. The SMILES string of the molecule is Cc1nc(NCC2CC2)sc1-c1ccn(CC2COc3ccccc3O2)n1. The van der Waals surface area contributed by atoms with Crippen molar-refractivity contribution in [2.45, 2.75) is 32.4 Å². The first-order chi connectivity index (χ1) is 13.2. The van der Waals surface area contributed by atoms with Crippen LogP contribution in [0.5, 0.6) is 11.5 Å². The number of fused-ring (bicyclic) bond motifs is 1. The summed E-state index contributed by atoms with van der Waals surface area (Å²) in [4.78, 5) is 5.77. The maximum atomic E-state index is 6.03. The number of para-hydroxylation sites is 2. The second kappa shape index (κ2) is 6.88. The summed E-state index contributed by atoms with van der Waals surface area (Å²) < 4.78 is 13.7. The minimum atomic E-state index is -0.0500. The highest BCUT2D eigenvalue weighted by Crippen LogP contribution is 2.34. The van der Waals surface area contributed by atoms with E-state index in [1.165, 1.54) is 12.8 Å².